The lowest BCUT2D eigenvalue weighted by Crippen LogP contribution is -2.35. The number of aromatic carboxylic acids is 1. The van der Waals surface area contributed by atoms with Crippen molar-refractivity contribution in [1.29, 1.82) is 0 Å². The molecule has 1 fully saturated rings. The molecule has 0 bridgehead atoms. The van der Waals surface area contributed by atoms with Gasteiger partial charge in [-0.15, -0.1) is 0 Å². The van der Waals surface area contributed by atoms with Crippen LogP contribution in [-0.4, -0.2) is 50.8 Å². The highest BCUT2D eigenvalue weighted by atomic mass is 16.4. The molecule has 0 radical (unpaired) electrons. The maximum Gasteiger partial charge on any atom is 0.356 e. The molecule has 1 atom stereocenters. The standard InChI is InChI=1S/C12H18N4O3/c1-8(17)13-10-3-4-16(7-10)6-9-5-15(2)14-11(9)12(18)19/h5,10H,3-4,6-7H2,1-2H3,(H,13,17)(H,18,19). The second kappa shape index (κ2) is 5.40. The molecule has 19 heavy (non-hydrogen) atoms. The third-order valence-corrected chi connectivity index (χ3v) is 3.18. The van der Waals surface area contributed by atoms with Crippen LogP contribution in [0.3, 0.4) is 0 Å². The van der Waals surface area contributed by atoms with Gasteiger partial charge in [-0.1, -0.05) is 0 Å². The van der Waals surface area contributed by atoms with E-state index in [9.17, 15) is 9.59 Å². The molecule has 7 nitrogen and oxygen atoms in total. The van der Waals surface area contributed by atoms with E-state index in [1.54, 1.807) is 13.2 Å². The summed E-state index contributed by atoms with van der Waals surface area (Å²) in [7, 11) is 1.71. The lowest BCUT2D eigenvalue weighted by Gasteiger charge is -2.15. The van der Waals surface area contributed by atoms with E-state index in [-0.39, 0.29) is 17.6 Å². The van der Waals surface area contributed by atoms with Crippen LogP contribution in [0, 0.1) is 0 Å². The predicted molar refractivity (Wildman–Crippen MR) is 67.7 cm³/mol. The summed E-state index contributed by atoms with van der Waals surface area (Å²) < 4.78 is 1.51. The fraction of sp³-hybridized carbons (Fsp3) is 0.583. The Kier molecular flexibility index (Phi) is 3.84. The molecule has 0 aliphatic carbocycles. The Morgan fingerprint density at radius 2 is 2.32 bits per heavy atom. The number of nitrogens with zero attached hydrogens (tertiary/aromatic N) is 3. The van der Waals surface area contributed by atoms with Gasteiger partial charge in [0.25, 0.3) is 0 Å². The summed E-state index contributed by atoms with van der Waals surface area (Å²) in [5, 5.41) is 15.9. The van der Waals surface area contributed by atoms with Gasteiger partial charge in [-0.05, 0) is 6.42 Å². The third kappa shape index (κ3) is 3.31. The Morgan fingerprint density at radius 1 is 1.58 bits per heavy atom. The zero-order valence-electron chi connectivity index (χ0n) is 11.1. The van der Waals surface area contributed by atoms with Gasteiger partial charge in [0.15, 0.2) is 5.69 Å². The number of carbonyl (C=O) groups is 2. The molecule has 0 saturated carbocycles. The summed E-state index contributed by atoms with van der Waals surface area (Å²) >= 11 is 0. The number of likely N-dealkylation sites (tertiary alicyclic amines) is 1. The monoisotopic (exact) mass is 266 g/mol. The number of hydrogen-bond acceptors (Lipinski definition) is 4. The molecule has 1 amide bonds. The average Bonchev–Trinajstić information content (AvgIpc) is 2.85. The van der Waals surface area contributed by atoms with Crippen molar-refractivity contribution in [2.24, 2.45) is 7.05 Å². The molecule has 1 aliphatic rings. The van der Waals surface area contributed by atoms with Crippen LogP contribution >= 0.6 is 0 Å². The maximum absolute atomic E-state index is 11.1. The van der Waals surface area contributed by atoms with E-state index in [4.69, 9.17) is 5.11 Å². The van der Waals surface area contributed by atoms with Crippen molar-refractivity contribution in [3.63, 3.8) is 0 Å². The van der Waals surface area contributed by atoms with Gasteiger partial charge in [0, 0.05) is 51.4 Å². The summed E-state index contributed by atoms with van der Waals surface area (Å²) in [6, 6.07) is 0.155. The van der Waals surface area contributed by atoms with Crippen molar-refractivity contribution in [1.82, 2.24) is 20.0 Å². The number of nitrogens with one attached hydrogen (secondary N) is 1. The summed E-state index contributed by atoms with van der Waals surface area (Å²) in [5.74, 6) is -1.03. The Labute approximate surface area is 111 Å². The van der Waals surface area contributed by atoms with E-state index in [1.807, 2.05) is 0 Å². The largest absolute Gasteiger partial charge is 0.476 e. The number of carboxylic acid groups (broad SMARTS) is 1. The SMILES string of the molecule is CC(=O)NC1CCN(Cc2cn(C)nc2C(=O)O)C1. The van der Waals surface area contributed by atoms with Gasteiger partial charge in [-0.2, -0.15) is 5.10 Å². The van der Waals surface area contributed by atoms with E-state index in [0.717, 1.165) is 19.5 Å². The second-order valence-electron chi connectivity index (χ2n) is 4.90. The molecule has 1 aromatic rings. The number of amides is 1. The van der Waals surface area contributed by atoms with Crippen LogP contribution in [0.25, 0.3) is 0 Å². The van der Waals surface area contributed by atoms with Gasteiger partial charge in [0.2, 0.25) is 5.91 Å². The Balaban J connectivity index is 1.99. The predicted octanol–water partition coefficient (Wildman–Crippen LogP) is -0.171. The van der Waals surface area contributed by atoms with Crippen molar-refractivity contribution < 1.29 is 14.7 Å². The van der Waals surface area contributed by atoms with Gasteiger partial charge in [0.05, 0.1) is 0 Å². The lowest BCUT2D eigenvalue weighted by molar-refractivity contribution is -0.119. The van der Waals surface area contributed by atoms with E-state index in [0.29, 0.717) is 12.1 Å². The van der Waals surface area contributed by atoms with Gasteiger partial charge < -0.3 is 10.4 Å². The van der Waals surface area contributed by atoms with E-state index >= 15 is 0 Å². The number of carboxylic acids is 1. The molecule has 1 saturated heterocycles. The molecule has 0 aromatic carbocycles. The number of hydrogen-bond donors (Lipinski definition) is 2. The minimum absolute atomic E-state index is 0.0283. The first kappa shape index (κ1) is 13.5. The molecule has 2 heterocycles. The lowest BCUT2D eigenvalue weighted by atomic mass is 10.2. The van der Waals surface area contributed by atoms with Crippen LogP contribution in [0.4, 0.5) is 0 Å². The Hall–Kier alpha value is -1.89. The quantitative estimate of drug-likeness (QED) is 0.790. The van der Waals surface area contributed by atoms with Crippen LogP contribution in [0.1, 0.15) is 29.4 Å². The van der Waals surface area contributed by atoms with Crippen molar-refractivity contribution in [3.8, 4) is 0 Å². The molecule has 2 N–H and O–H groups in total. The van der Waals surface area contributed by atoms with Crippen molar-refractivity contribution in [2.75, 3.05) is 13.1 Å². The maximum atomic E-state index is 11.1. The molecule has 1 aromatic heterocycles. The van der Waals surface area contributed by atoms with Gasteiger partial charge in [-0.25, -0.2) is 4.79 Å². The molecule has 7 heteroatoms. The molecule has 1 aliphatic heterocycles. The fourth-order valence-electron chi connectivity index (χ4n) is 2.46. The minimum Gasteiger partial charge on any atom is -0.476 e. The first-order valence-electron chi connectivity index (χ1n) is 6.21. The van der Waals surface area contributed by atoms with Crippen LogP contribution < -0.4 is 5.32 Å². The third-order valence-electron chi connectivity index (χ3n) is 3.18. The van der Waals surface area contributed by atoms with Crippen molar-refractivity contribution >= 4 is 11.9 Å². The Morgan fingerprint density at radius 3 is 2.95 bits per heavy atom. The summed E-state index contributed by atoms with van der Waals surface area (Å²) in [4.78, 5) is 24.2. The molecule has 104 valence electrons. The average molecular weight is 266 g/mol. The highest BCUT2D eigenvalue weighted by Crippen LogP contribution is 2.15. The number of aromatic nitrogens is 2. The minimum atomic E-state index is -1.01. The first-order valence-corrected chi connectivity index (χ1v) is 6.21. The normalized spacial score (nSPS) is 19.6. The highest BCUT2D eigenvalue weighted by Gasteiger charge is 2.25. The van der Waals surface area contributed by atoms with Crippen LogP contribution in [-0.2, 0) is 18.4 Å². The number of aryl methyl sites for hydroxylation is 1. The molecule has 0 spiro atoms. The zero-order chi connectivity index (χ0) is 14.0. The summed E-state index contributed by atoms with van der Waals surface area (Å²) in [5.41, 5.74) is 0.809. The van der Waals surface area contributed by atoms with E-state index < -0.39 is 5.97 Å². The zero-order valence-corrected chi connectivity index (χ0v) is 11.1. The smallest absolute Gasteiger partial charge is 0.356 e. The Bertz CT molecular complexity index is 497. The second-order valence-corrected chi connectivity index (χ2v) is 4.90. The topological polar surface area (TPSA) is 87.5 Å². The van der Waals surface area contributed by atoms with Gasteiger partial charge in [-0.3, -0.25) is 14.4 Å². The summed E-state index contributed by atoms with van der Waals surface area (Å²) in [6.45, 7) is 3.64. The highest BCUT2D eigenvalue weighted by molar-refractivity contribution is 5.86. The first-order chi connectivity index (χ1) is 8.95. The molecule has 1 unspecified atom stereocenters. The van der Waals surface area contributed by atoms with Crippen molar-refractivity contribution in [2.45, 2.75) is 25.9 Å². The molecular formula is C12H18N4O3. The van der Waals surface area contributed by atoms with Crippen LogP contribution in [0.2, 0.25) is 0 Å². The van der Waals surface area contributed by atoms with Crippen molar-refractivity contribution in [3.05, 3.63) is 17.5 Å². The molecule has 2 rings (SSSR count). The molecular weight excluding hydrogens is 248 g/mol. The number of carbonyl (C=O) groups excluding carboxylic acids is 1. The summed E-state index contributed by atoms with van der Waals surface area (Å²) in [6.07, 6.45) is 2.62. The number of rotatable bonds is 4. The fourth-order valence-corrected chi connectivity index (χ4v) is 2.46. The van der Waals surface area contributed by atoms with Gasteiger partial charge in [0.1, 0.15) is 0 Å². The van der Waals surface area contributed by atoms with Crippen LogP contribution in [0.5, 0.6) is 0 Å². The van der Waals surface area contributed by atoms with Crippen LogP contribution in [0.15, 0.2) is 6.20 Å². The van der Waals surface area contributed by atoms with E-state index in [2.05, 4.69) is 15.3 Å². The van der Waals surface area contributed by atoms with E-state index in [1.165, 1.54) is 11.6 Å². The van der Waals surface area contributed by atoms with Gasteiger partial charge >= 0.3 is 5.97 Å².